The molecule has 0 aromatic rings. The van der Waals surface area contributed by atoms with E-state index >= 15 is 0 Å². The fraction of sp³-hybridized carbons (Fsp3) is 0.846. The molecular weight excluding hydrogens is 232 g/mol. The lowest BCUT2D eigenvalue weighted by Gasteiger charge is -2.26. The van der Waals surface area contributed by atoms with Crippen LogP contribution in [0.2, 0.25) is 0 Å². The summed E-state index contributed by atoms with van der Waals surface area (Å²) < 4.78 is 0. The van der Waals surface area contributed by atoms with Gasteiger partial charge in [-0.1, -0.05) is 0 Å². The molecule has 5 heteroatoms. The number of hydrogen-bond donors (Lipinski definition) is 3. The summed E-state index contributed by atoms with van der Waals surface area (Å²) in [5, 5.41) is 14.8. The molecule has 0 unspecified atom stereocenters. The van der Waals surface area contributed by atoms with Gasteiger partial charge in [0, 0.05) is 12.0 Å². The molecule has 3 N–H and O–H groups in total. The molecule has 0 aromatic carbocycles. The largest absolute Gasteiger partial charge is 0.481 e. The molecule has 0 atom stereocenters. The van der Waals surface area contributed by atoms with Crippen molar-refractivity contribution in [3.05, 3.63) is 0 Å². The van der Waals surface area contributed by atoms with Gasteiger partial charge in [-0.05, 0) is 52.1 Å². The van der Waals surface area contributed by atoms with Crippen molar-refractivity contribution in [1.82, 2.24) is 10.6 Å². The molecule has 18 heavy (non-hydrogen) atoms. The standard InChI is InChI=1S/C13H24N2O3/c1-13(2,9-12(17)18)15-11(16)4-3-10-5-7-14-8-6-10/h10,14H,3-9H2,1-2H3,(H,15,16)(H,17,18). The van der Waals surface area contributed by atoms with E-state index in [-0.39, 0.29) is 12.3 Å². The third-order valence-electron chi connectivity index (χ3n) is 3.31. The smallest absolute Gasteiger partial charge is 0.305 e. The van der Waals surface area contributed by atoms with E-state index in [1.165, 1.54) is 0 Å². The van der Waals surface area contributed by atoms with Crippen LogP contribution in [-0.2, 0) is 9.59 Å². The van der Waals surface area contributed by atoms with E-state index in [0.717, 1.165) is 32.4 Å². The summed E-state index contributed by atoms with van der Waals surface area (Å²) in [5.74, 6) is -0.307. The maximum atomic E-state index is 11.8. The van der Waals surface area contributed by atoms with E-state index in [1.807, 2.05) is 0 Å². The van der Waals surface area contributed by atoms with Gasteiger partial charge in [0.2, 0.25) is 5.91 Å². The Kier molecular flexibility index (Phi) is 5.59. The highest BCUT2D eigenvalue weighted by molar-refractivity contribution is 5.78. The molecule has 1 amide bonds. The third kappa shape index (κ3) is 6.00. The van der Waals surface area contributed by atoms with Gasteiger partial charge in [0.25, 0.3) is 0 Å². The van der Waals surface area contributed by atoms with Crippen LogP contribution in [-0.4, -0.2) is 35.6 Å². The Morgan fingerprint density at radius 2 is 1.94 bits per heavy atom. The second-order valence-electron chi connectivity index (χ2n) is 5.73. The van der Waals surface area contributed by atoms with Crippen LogP contribution in [0.25, 0.3) is 0 Å². The minimum Gasteiger partial charge on any atom is -0.481 e. The number of rotatable bonds is 6. The average molecular weight is 256 g/mol. The summed E-state index contributed by atoms with van der Waals surface area (Å²) in [7, 11) is 0. The Bertz CT molecular complexity index is 297. The molecule has 104 valence electrons. The van der Waals surface area contributed by atoms with Crippen LogP contribution < -0.4 is 10.6 Å². The molecule has 0 spiro atoms. The first kappa shape index (κ1) is 15.0. The van der Waals surface area contributed by atoms with Gasteiger partial charge in [0.1, 0.15) is 0 Å². The number of hydrogen-bond acceptors (Lipinski definition) is 3. The Morgan fingerprint density at radius 1 is 1.33 bits per heavy atom. The number of carbonyl (C=O) groups excluding carboxylic acids is 1. The van der Waals surface area contributed by atoms with Gasteiger partial charge in [0.15, 0.2) is 0 Å². The lowest BCUT2D eigenvalue weighted by molar-refractivity contribution is -0.138. The molecule has 5 nitrogen and oxygen atoms in total. The topological polar surface area (TPSA) is 78.4 Å². The van der Waals surface area contributed by atoms with E-state index in [2.05, 4.69) is 10.6 Å². The Morgan fingerprint density at radius 3 is 2.50 bits per heavy atom. The first-order valence-corrected chi connectivity index (χ1v) is 6.62. The van der Waals surface area contributed by atoms with Crippen molar-refractivity contribution < 1.29 is 14.7 Å². The SMILES string of the molecule is CC(C)(CC(=O)O)NC(=O)CCC1CCNCC1. The quantitative estimate of drug-likeness (QED) is 0.666. The van der Waals surface area contributed by atoms with Crippen LogP contribution in [0.5, 0.6) is 0 Å². The van der Waals surface area contributed by atoms with E-state index < -0.39 is 11.5 Å². The van der Waals surface area contributed by atoms with Gasteiger partial charge in [0.05, 0.1) is 6.42 Å². The zero-order valence-electron chi connectivity index (χ0n) is 11.3. The van der Waals surface area contributed by atoms with Crippen LogP contribution in [0.1, 0.15) is 46.0 Å². The van der Waals surface area contributed by atoms with Crippen LogP contribution in [0.3, 0.4) is 0 Å². The normalized spacial score (nSPS) is 17.4. The van der Waals surface area contributed by atoms with Crippen molar-refractivity contribution in [2.45, 2.75) is 51.5 Å². The number of carboxylic acids is 1. The minimum atomic E-state index is -0.890. The van der Waals surface area contributed by atoms with Crippen LogP contribution in [0.15, 0.2) is 0 Å². The van der Waals surface area contributed by atoms with Crippen LogP contribution in [0, 0.1) is 5.92 Å². The zero-order chi connectivity index (χ0) is 13.6. The van der Waals surface area contributed by atoms with Gasteiger partial charge in [-0.25, -0.2) is 0 Å². The molecule has 0 aliphatic carbocycles. The average Bonchev–Trinajstić information content (AvgIpc) is 2.25. The number of piperidine rings is 1. The fourth-order valence-corrected chi connectivity index (χ4v) is 2.37. The first-order valence-electron chi connectivity index (χ1n) is 6.62. The Labute approximate surface area is 108 Å². The van der Waals surface area contributed by atoms with Gasteiger partial charge >= 0.3 is 5.97 Å². The predicted octanol–water partition coefficient (Wildman–Crippen LogP) is 1.14. The minimum absolute atomic E-state index is 0.0419. The summed E-state index contributed by atoms with van der Waals surface area (Å²) in [6, 6.07) is 0. The second-order valence-corrected chi connectivity index (χ2v) is 5.73. The van der Waals surface area contributed by atoms with E-state index in [0.29, 0.717) is 12.3 Å². The molecule has 1 heterocycles. The molecule has 0 bridgehead atoms. The molecular formula is C13H24N2O3. The van der Waals surface area contributed by atoms with Crippen molar-refractivity contribution in [3.63, 3.8) is 0 Å². The third-order valence-corrected chi connectivity index (χ3v) is 3.31. The molecule has 1 fully saturated rings. The van der Waals surface area contributed by atoms with Gasteiger partial charge in [-0.3, -0.25) is 9.59 Å². The molecule has 1 aliphatic rings. The van der Waals surface area contributed by atoms with Crippen molar-refractivity contribution >= 4 is 11.9 Å². The lowest BCUT2D eigenvalue weighted by atomic mass is 9.92. The number of carboxylic acid groups (broad SMARTS) is 1. The van der Waals surface area contributed by atoms with E-state index in [9.17, 15) is 9.59 Å². The second kappa shape index (κ2) is 6.73. The van der Waals surface area contributed by atoms with Gasteiger partial charge in [-0.2, -0.15) is 0 Å². The first-order chi connectivity index (χ1) is 8.39. The molecule has 0 aromatic heterocycles. The summed E-state index contributed by atoms with van der Waals surface area (Å²) in [6.45, 7) is 5.56. The number of carbonyl (C=O) groups is 2. The predicted molar refractivity (Wildman–Crippen MR) is 69.3 cm³/mol. The van der Waals surface area contributed by atoms with Crippen molar-refractivity contribution in [2.24, 2.45) is 5.92 Å². The summed E-state index contributed by atoms with van der Waals surface area (Å²) in [5.41, 5.74) is -0.670. The Hall–Kier alpha value is -1.10. The maximum absolute atomic E-state index is 11.8. The Balaban J connectivity index is 2.25. The number of aliphatic carboxylic acids is 1. The molecule has 0 saturated carbocycles. The molecule has 1 rings (SSSR count). The summed E-state index contributed by atoms with van der Waals surface area (Å²) in [4.78, 5) is 22.4. The highest BCUT2D eigenvalue weighted by atomic mass is 16.4. The highest BCUT2D eigenvalue weighted by Gasteiger charge is 2.24. The van der Waals surface area contributed by atoms with Gasteiger partial charge < -0.3 is 15.7 Å². The summed E-state index contributed by atoms with van der Waals surface area (Å²) >= 11 is 0. The summed E-state index contributed by atoms with van der Waals surface area (Å²) in [6.07, 6.45) is 3.61. The van der Waals surface area contributed by atoms with Gasteiger partial charge in [-0.15, -0.1) is 0 Å². The maximum Gasteiger partial charge on any atom is 0.305 e. The lowest BCUT2D eigenvalue weighted by Crippen LogP contribution is -2.45. The number of amides is 1. The molecule has 1 aliphatic heterocycles. The zero-order valence-corrected chi connectivity index (χ0v) is 11.3. The molecule has 1 saturated heterocycles. The van der Waals surface area contributed by atoms with E-state index in [4.69, 9.17) is 5.11 Å². The monoisotopic (exact) mass is 256 g/mol. The van der Waals surface area contributed by atoms with E-state index in [1.54, 1.807) is 13.8 Å². The van der Waals surface area contributed by atoms with Crippen LogP contribution >= 0.6 is 0 Å². The van der Waals surface area contributed by atoms with Crippen LogP contribution in [0.4, 0.5) is 0 Å². The number of nitrogens with one attached hydrogen (secondary N) is 2. The molecule has 0 radical (unpaired) electrons. The highest BCUT2D eigenvalue weighted by Crippen LogP contribution is 2.18. The van der Waals surface area contributed by atoms with Crippen molar-refractivity contribution in [3.8, 4) is 0 Å². The fourth-order valence-electron chi connectivity index (χ4n) is 2.37. The van der Waals surface area contributed by atoms with Crippen molar-refractivity contribution in [1.29, 1.82) is 0 Å². The van der Waals surface area contributed by atoms with Crippen molar-refractivity contribution in [2.75, 3.05) is 13.1 Å².